The number of carbonyl (C=O) groups is 1. The van der Waals surface area contributed by atoms with E-state index in [9.17, 15) is 4.79 Å². The lowest BCUT2D eigenvalue weighted by Gasteiger charge is -2.37. The topological polar surface area (TPSA) is 163 Å². The largest absolute Gasteiger partial charge is 0.382 e. The number of H-pyrrole nitrogens is 1. The number of nitrogens with two attached hydrogens (primary N) is 2. The van der Waals surface area contributed by atoms with Crippen LogP contribution >= 0.6 is 23.5 Å². The van der Waals surface area contributed by atoms with Gasteiger partial charge in [0.2, 0.25) is 0 Å². The molecule has 0 saturated carbocycles. The van der Waals surface area contributed by atoms with Gasteiger partial charge < -0.3 is 27.1 Å². The monoisotopic (exact) mass is 548 g/mol. The van der Waals surface area contributed by atoms with Crippen molar-refractivity contribution in [1.82, 2.24) is 34.9 Å². The van der Waals surface area contributed by atoms with E-state index in [4.69, 9.17) is 28.1 Å². The first-order valence-electron chi connectivity index (χ1n) is 12.1. The van der Waals surface area contributed by atoms with Crippen molar-refractivity contribution in [2.24, 2.45) is 4.99 Å². The van der Waals surface area contributed by atoms with Crippen LogP contribution in [0.3, 0.4) is 0 Å². The number of fused-ring (bicyclic) bond motifs is 1. The molecule has 6 rings (SSSR count). The summed E-state index contributed by atoms with van der Waals surface area (Å²) in [5.74, 6) is 0.484. The summed E-state index contributed by atoms with van der Waals surface area (Å²) in [5, 5.41) is 6.52. The van der Waals surface area contributed by atoms with Gasteiger partial charge in [-0.2, -0.15) is 4.99 Å². The highest BCUT2D eigenvalue weighted by atomic mass is 35.5. The number of guanidine groups is 1. The lowest BCUT2D eigenvalue weighted by atomic mass is 9.90. The van der Waals surface area contributed by atoms with Crippen LogP contribution in [0.1, 0.15) is 23.3 Å². The highest BCUT2D eigenvalue weighted by molar-refractivity contribution is 7.97. The van der Waals surface area contributed by atoms with E-state index in [1.54, 1.807) is 11.9 Å². The van der Waals surface area contributed by atoms with E-state index in [1.807, 2.05) is 30.3 Å². The van der Waals surface area contributed by atoms with E-state index in [1.165, 1.54) is 0 Å². The number of nitrogens with zero attached hydrogens (tertiary/aromatic N) is 5. The fourth-order valence-corrected chi connectivity index (χ4v) is 5.74. The number of hydrogen-bond acceptors (Lipinski definition) is 8. The zero-order valence-electron chi connectivity index (χ0n) is 20.2. The van der Waals surface area contributed by atoms with Gasteiger partial charge in [0, 0.05) is 30.1 Å². The number of anilines is 2. The third-order valence-electron chi connectivity index (χ3n) is 6.71. The number of aromatic nitrogens is 4. The SMILES string of the molecule is Nc1nc(N)c(C(=O)/N=C2\NCC3(CCN(Sc4ccc5nc(-c6ccccc6)[nH]c5c4)CC3)N2)nc1Cl. The number of aromatic amines is 1. The van der Waals surface area contributed by atoms with E-state index in [0.717, 1.165) is 53.2 Å². The van der Waals surface area contributed by atoms with Crippen molar-refractivity contribution in [1.29, 1.82) is 0 Å². The van der Waals surface area contributed by atoms with Crippen molar-refractivity contribution < 1.29 is 4.79 Å². The average molecular weight is 549 g/mol. The minimum atomic E-state index is -0.637. The van der Waals surface area contributed by atoms with Gasteiger partial charge in [0.05, 0.1) is 16.6 Å². The number of carbonyl (C=O) groups excluding carboxylic acids is 1. The van der Waals surface area contributed by atoms with E-state index < -0.39 is 5.91 Å². The first kappa shape index (κ1) is 24.5. The second-order valence-corrected chi connectivity index (χ2v) is 10.8. The molecule has 2 aliphatic rings. The molecule has 4 aromatic rings. The molecule has 2 aromatic carbocycles. The molecule has 2 fully saturated rings. The fourth-order valence-electron chi connectivity index (χ4n) is 4.65. The van der Waals surface area contributed by atoms with Gasteiger partial charge in [-0.3, -0.25) is 4.79 Å². The van der Waals surface area contributed by atoms with Crippen molar-refractivity contribution in [3.8, 4) is 11.4 Å². The zero-order valence-corrected chi connectivity index (χ0v) is 21.8. The number of hydrogen-bond donors (Lipinski definition) is 5. The summed E-state index contributed by atoms with van der Waals surface area (Å²) in [6.07, 6.45) is 1.78. The Morgan fingerprint density at radius 3 is 2.63 bits per heavy atom. The van der Waals surface area contributed by atoms with Crippen LogP contribution < -0.4 is 22.1 Å². The van der Waals surface area contributed by atoms with Gasteiger partial charge in [-0.1, -0.05) is 41.9 Å². The number of imidazole rings is 1. The van der Waals surface area contributed by atoms with Crippen LogP contribution in [0.4, 0.5) is 11.6 Å². The van der Waals surface area contributed by atoms with Gasteiger partial charge in [0.15, 0.2) is 28.4 Å². The number of rotatable bonds is 4. The Bertz CT molecular complexity index is 1550. The molecule has 1 spiro atoms. The predicted molar refractivity (Wildman–Crippen MR) is 150 cm³/mol. The minimum Gasteiger partial charge on any atom is -0.382 e. The van der Waals surface area contributed by atoms with Crippen LogP contribution in [0.2, 0.25) is 5.15 Å². The van der Waals surface area contributed by atoms with Crippen LogP contribution in [0.15, 0.2) is 58.4 Å². The summed E-state index contributed by atoms with van der Waals surface area (Å²) in [7, 11) is 0. The molecule has 0 atom stereocenters. The number of amides is 1. The average Bonchev–Trinajstić information content (AvgIpc) is 3.52. The Morgan fingerprint density at radius 1 is 1.05 bits per heavy atom. The molecule has 38 heavy (non-hydrogen) atoms. The fraction of sp³-hybridized carbons (Fsp3) is 0.240. The van der Waals surface area contributed by atoms with Crippen molar-refractivity contribution in [2.45, 2.75) is 23.3 Å². The second kappa shape index (κ2) is 9.78. The molecule has 194 valence electrons. The molecular formula is C25H25ClN10OS. The van der Waals surface area contributed by atoms with Gasteiger partial charge in [0.1, 0.15) is 5.82 Å². The number of benzene rings is 2. The highest BCUT2D eigenvalue weighted by Gasteiger charge is 2.40. The lowest BCUT2D eigenvalue weighted by Crippen LogP contribution is -2.51. The zero-order chi connectivity index (χ0) is 26.3. The molecule has 0 unspecified atom stereocenters. The van der Waals surface area contributed by atoms with Crippen molar-refractivity contribution in [3.63, 3.8) is 0 Å². The van der Waals surface area contributed by atoms with Crippen LogP contribution in [0, 0.1) is 0 Å². The standard InChI is InChI=1S/C25H25ClN10OS/c26-19-21(28)33-20(27)18(32-19)23(37)34-24-29-13-25(35-24)8-10-36(11-9-25)38-15-6-7-16-17(12-15)31-22(30-16)14-4-2-1-3-5-14/h1-7,12H,8-11,13H2,(H,30,31)(H4,27,28,33)(H2,29,34,35,37). The summed E-state index contributed by atoms with van der Waals surface area (Å²) in [6, 6.07) is 16.4. The van der Waals surface area contributed by atoms with Crippen molar-refractivity contribution in [3.05, 3.63) is 59.4 Å². The molecule has 0 aliphatic carbocycles. The molecule has 13 heteroatoms. The third-order valence-corrected chi connectivity index (χ3v) is 8.08. The molecule has 2 aliphatic heterocycles. The minimum absolute atomic E-state index is 0.0320. The normalized spacial score (nSPS) is 18.1. The van der Waals surface area contributed by atoms with E-state index >= 15 is 0 Å². The van der Waals surface area contributed by atoms with E-state index in [-0.39, 0.29) is 28.0 Å². The smallest absolute Gasteiger partial charge is 0.302 e. The maximum Gasteiger partial charge on any atom is 0.302 e. The first-order chi connectivity index (χ1) is 18.4. The van der Waals surface area contributed by atoms with Gasteiger partial charge in [-0.25, -0.2) is 19.3 Å². The predicted octanol–water partition coefficient (Wildman–Crippen LogP) is 3.07. The number of nitrogens with one attached hydrogen (secondary N) is 3. The molecule has 2 saturated heterocycles. The van der Waals surface area contributed by atoms with Gasteiger partial charge in [-0.15, -0.1) is 0 Å². The number of nitrogen functional groups attached to an aromatic ring is 2. The molecule has 11 nitrogen and oxygen atoms in total. The maximum atomic E-state index is 12.6. The van der Waals surface area contributed by atoms with Crippen LogP contribution in [0.5, 0.6) is 0 Å². The second-order valence-electron chi connectivity index (χ2n) is 9.31. The molecule has 4 heterocycles. The Kier molecular flexibility index (Phi) is 6.30. The van der Waals surface area contributed by atoms with E-state index in [0.29, 0.717) is 12.5 Å². The van der Waals surface area contributed by atoms with Gasteiger partial charge >= 0.3 is 5.91 Å². The third kappa shape index (κ3) is 4.85. The van der Waals surface area contributed by atoms with Crippen LogP contribution in [0.25, 0.3) is 22.4 Å². The van der Waals surface area contributed by atoms with Crippen molar-refractivity contribution in [2.75, 3.05) is 31.1 Å². The van der Waals surface area contributed by atoms with Crippen LogP contribution in [-0.2, 0) is 0 Å². The van der Waals surface area contributed by atoms with Crippen LogP contribution in [-0.4, -0.2) is 61.3 Å². The molecule has 1 amide bonds. The maximum absolute atomic E-state index is 12.6. The summed E-state index contributed by atoms with van der Waals surface area (Å²) in [6.45, 7) is 2.43. The summed E-state index contributed by atoms with van der Waals surface area (Å²) < 4.78 is 2.36. The summed E-state index contributed by atoms with van der Waals surface area (Å²) in [4.78, 5) is 33.8. The number of piperidine rings is 1. The van der Waals surface area contributed by atoms with Gasteiger partial charge in [0.25, 0.3) is 0 Å². The molecule has 0 radical (unpaired) electrons. The molecule has 0 bridgehead atoms. The summed E-state index contributed by atoms with van der Waals surface area (Å²) in [5.41, 5.74) is 14.1. The van der Waals surface area contributed by atoms with Gasteiger partial charge in [-0.05, 0) is 43.0 Å². The Labute approximate surface area is 227 Å². The first-order valence-corrected chi connectivity index (χ1v) is 13.2. The molecule has 2 aromatic heterocycles. The number of aliphatic imine (C=N–C) groups is 1. The lowest BCUT2D eigenvalue weighted by molar-refractivity contribution is 0.0998. The summed E-state index contributed by atoms with van der Waals surface area (Å²) >= 11 is 7.63. The Hall–Kier alpha value is -3.87. The quantitative estimate of drug-likeness (QED) is 0.239. The van der Waals surface area contributed by atoms with Crippen molar-refractivity contribution >= 4 is 58.1 Å². The van der Waals surface area contributed by atoms with E-state index in [2.05, 4.69) is 53.1 Å². The molecule has 7 N–H and O–H groups in total. The Morgan fingerprint density at radius 2 is 1.84 bits per heavy atom. The highest BCUT2D eigenvalue weighted by Crippen LogP contribution is 2.33. The number of halogens is 1. The Balaban J connectivity index is 1.08. The molecular weight excluding hydrogens is 524 g/mol.